The summed E-state index contributed by atoms with van der Waals surface area (Å²) in [6.07, 6.45) is 0.674. The molecule has 0 amide bonds. The lowest BCUT2D eigenvalue weighted by Gasteiger charge is -2.22. The van der Waals surface area contributed by atoms with Crippen LogP contribution in [0.5, 0.6) is 5.75 Å². The zero-order valence-electron chi connectivity index (χ0n) is 10.2. The molecular weight excluding hydrogens is 245 g/mol. The van der Waals surface area contributed by atoms with Gasteiger partial charge in [0.2, 0.25) is 0 Å². The van der Waals surface area contributed by atoms with Crippen LogP contribution in [0.3, 0.4) is 0 Å². The summed E-state index contributed by atoms with van der Waals surface area (Å²) < 4.78 is 23.8. The Kier molecular flexibility index (Phi) is 4.60. The average Bonchev–Trinajstić information content (AvgIpc) is 2.25. The van der Waals surface area contributed by atoms with Gasteiger partial charge in [0.15, 0.2) is 0 Å². The number of halogens is 2. The largest absolute Gasteiger partial charge is 0.491 e. The molecule has 2 N–H and O–H groups in total. The van der Waals surface area contributed by atoms with Gasteiger partial charge in [0.25, 0.3) is 0 Å². The normalized spacial score (nSPS) is 11.6. The van der Waals surface area contributed by atoms with Crippen molar-refractivity contribution in [2.24, 2.45) is 0 Å². The molecule has 1 rings (SSSR count). The van der Waals surface area contributed by atoms with Crippen LogP contribution < -0.4 is 10.5 Å². The Balaban J connectivity index is 2.61. The molecule has 0 radical (unpaired) electrons. The highest BCUT2D eigenvalue weighted by molar-refractivity contribution is 6.31. The standard InChI is InChI=1S/C12H17ClFNO2/c1-12(2,16-3)4-5-17-11-7-9(14)8(13)6-10(11)15/h6-7H,4-5,15H2,1-3H3. The third kappa shape index (κ3) is 4.06. The number of ether oxygens (including phenoxy) is 2. The number of rotatable bonds is 5. The van der Waals surface area contributed by atoms with Crippen molar-refractivity contribution in [3.63, 3.8) is 0 Å². The Morgan fingerprint density at radius 2 is 2.06 bits per heavy atom. The summed E-state index contributed by atoms with van der Waals surface area (Å²) in [5.74, 6) is -0.235. The van der Waals surface area contributed by atoms with Gasteiger partial charge in [-0.3, -0.25) is 0 Å². The fraction of sp³-hybridized carbons (Fsp3) is 0.500. The molecule has 0 saturated carbocycles. The highest BCUT2D eigenvalue weighted by Crippen LogP contribution is 2.28. The molecule has 0 bridgehead atoms. The molecule has 96 valence electrons. The third-order valence-electron chi connectivity index (χ3n) is 2.57. The number of methoxy groups -OCH3 is 1. The molecular formula is C12H17ClFNO2. The topological polar surface area (TPSA) is 44.5 Å². The van der Waals surface area contributed by atoms with Crippen LogP contribution in [0.15, 0.2) is 12.1 Å². The number of benzene rings is 1. The van der Waals surface area contributed by atoms with Crippen LogP contribution in [-0.4, -0.2) is 19.3 Å². The van der Waals surface area contributed by atoms with E-state index in [4.69, 9.17) is 26.8 Å². The number of nitrogen functional groups attached to an aromatic ring is 1. The minimum Gasteiger partial charge on any atom is -0.491 e. The summed E-state index contributed by atoms with van der Waals surface area (Å²) in [5.41, 5.74) is 5.71. The van der Waals surface area contributed by atoms with Crippen molar-refractivity contribution in [3.05, 3.63) is 23.0 Å². The SMILES string of the molecule is COC(C)(C)CCOc1cc(F)c(Cl)cc1N. The van der Waals surface area contributed by atoms with E-state index >= 15 is 0 Å². The third-order valence-corrected chi connectivity index (χ3v) is 2.86. The van der Waals surface area contributed by atoms with Crippen molar-refractivity contribution in [1.29, 1.82) is 0 Å². The number of nitrogens with two attached hydrogens (primary N) is 1. The molecule has 0 atom stereocenters. The number of anilines is 1. The Morgan fingerprint density at radius 1 is 1.41 bits per heavy atom. The van der Waals surface area contributed by atoms with Gasteiger partial charge in [0.1, 0.15) is 11.6 Å². The second kappa shape index (κ2) is 5.56. The highest BCUT2D eigenvalue weighted by Gasteiger charge is 2.16. The van der Waals surface area contributed by atoms with Crippen LogP contribution >= 0.6 is 11.6 Å². The summed E-state index contributed by atoms with van der Waals surface area (Å²) in [7, 11) is 1.64. The molecule has 0 heterocycles. The fourth-order valence-corrected chi connectivity index (χ4v) is 1.35. The molecule has 1 aromatic rings. The summed E-state index contributed by atoms with van der Waals surface area (Å²) >= 11 is 5.58. The molecule has 0 spiro atoms. The van der Waals surface area contributed by atoms with E-state index in [1.807, 2.05) is 13.8 Å². The smallest absolute Gasteiger partial charge is 0.145 e. The first-order valence-electron chi connectivity index (χ1n) is 5.28. The lowest BCUT2D eigenvalue weighted by Crippen LogP contribution is -2.25. The first-order chi connectivity index (χ1) is 7.85. The maximum Gasteiger partial charge on any atom is 0.145 e. The molecule has 0 fully saturated rings. The molecule has 3 nitrogen and oxygen atoms in total. The molecule has 1 aromatic carbocycles. The van der Waals surface area contributed by atoms with Crippen LogP contribution in [0.2, 0.25) is 5.02 Å². The molecule has 0 aliphatic rings. The van der Waals surface area contributed by atoms with E-state index in [0.29, 0.717) is 24.5 Å². The van der Waals surface area contributed by atoms with Crippen LogP contribution in [0, 0.1) is 5.82 Å². The predicted octanol–water partition coefficient (Wildman–Crippen LogP) is 3.26. The summed E-state index contributed by atoms with van der Waals surface area (Å²) in [6.45, 7) is 4.29. The maximum atomic E-state index is 13.2. The van der Waals surface area contributed by atoms with Crippen LogP contribution in [0.25, 0.3) is 0 Å². The van der Waals surface area contributed by atoms with Crippen molar-refractivity contribution in [2.75, 3.05) is 19.5 Å². The van der Waals surface area contributed by atoms with Crippen molar-refractivity contribution in [2.45, 2.75) is 25.9 Å². The highest BCUT2D eigenvalue weighted by atomic mass is 35.5. The Hall–Kier alpha value is -1.00. The lowest BCUT2D eigenvalue weighted by atomic mass is 10.1. The Bertz CT molecular complexity index is 396. The van der Waals surface area contributed by atoms with Crippen LogP contribution in [-0.2, 0) is 4.74 Å². The fourth-order valence-electron chi connectivity index (χ4n) is 1.18. The van der Waals surface area contributed by atoms with E-state index in [0.717, 1.165) is 0 Å². The summed E-state index contributed by atoms with van der Waals surface area (Å²) in [5, 5.41) is -0.00734. The van der Waals surface area contributed by atoms with Gasteiger partial charge in [-0.15, -0.1) is 0 Å². The molecule has 0 unspecified atom stereocenters. The monoisotopic (exact) mass is 261 g/mol. The molecule has 5 heteroatoms. The van der Waals surface area contributed by atoms with E-state index in [2.05, 4.69) is 0 Å². The lowest BCUT2D eigenvalue weighted by molar-refractivity contribution is 0.00550. The van der Waals surface area contributed by atoms with Gasteiger partial charge >= 0.3 is 0 Å². The van der Waals surface area contributed by atoms with E-state index in [1.54, 1.807) is 7.11 Å². The van der Waals surface area contributed by atoms with Gasteiger partial charge < -0.3 is 15.2 Å². The first kappa shape index (κ1) is 14.1. The molecule has 17 heavy (non-hydrogen) atoms. The minimum absolute atomic E-state index is 0.00734. The van der Waals surface area contributed by atoms with Crippen molar-refractivity contribution < 1.29 is 13.9 Å². The Morgan fingerprint density at radius 3 is 2.65 bits per heavy atom. The maximum absolute atomic E-state index is 13.2. The van der Waals surface area contributed by atoms with Crippen LogP contribution in [0.1, 0.15) is 20.3 Å². The van der Waals surface area contributed by atoms with Crippen molar-refractivity contribution >= 4 is 17.3 Å². The van der Waals surface area contributed by atoms with E-state index in [1.165, 1.54) is 12.1 Å². The van der Waals surface area contributed by atoms with Crippen LogP contribution in [0.4, 0.5) is 10.1 Å². The van der Waals surface area contributed by atoms with E-state index in [9.17, 15) is 4.39 Å². The number of hydrogen-bond acceptors (Lipinski definition) is 3. The van der Waals surface area contributed by atoms with Gasteiger partial charge in [-0.05, 0) is 19.9 Å². The second-order valence-corrected chi connectivity index (χ2v) is 4.77. The summed E-state index contributed by atoms with van der Waals surface area (Å²) in [4.78, 5) is 0. The molecule has 0 aromatic heterocycles. The van der Waals surface area contributed by atoms with Crippen molar-refractivity contribution in [1.82, 2.24) is 0 Å². The second-order valence-electron chi connectivity index (χ2n) is 4.37. The van der Waals surface area contributed by atoms with E-state index in [-0.39, 0.29) is 10.6 Å². The van der Waals surface area contributed by atoms with Gasteiger partial charge in [0, 0.05) is 19.6 Å². The molecule has 0 aliphatic carbocycles. The van der Waals surface area contributed by atoms with Gasteiger partial charge in [-0.25, -0.2) is 4.39 Å². The zero-order chi connectivity index (χ0) is 13.1. The first-order valence-corrected chi connectivity index (χ1v) is 5.66. The van der Waals surface area contributed by atoms with Gasteiger partial charge in [0.05, 0.1) is 22.9 Å². The zero-order valence-corrected chi connectivity index (χ0v) is 11.0. The van der Waals surface area contributed by atoms with Gasteiger partial charge in [-0.1, -0.05) is 11.6 Å². The van der Waals surface area contributed by atoms with Crippen molar-refractivity contribution in [3.8, 4) is 5.75 Å². The predicted molar refractivity (Wildman–Crippen MR) is 67.0 cm³/mol. The molecule has 0 saturated heterocycles. The summed E-state index contributed by atoms with van der Waals surface area (Å²) in [6, 6.07) is 2.53. The Labute approximate surface area is 106 Å². The molecule has 0 aliphatic heterocycles. The average molecular weight is 262 g/mol. The minimum atomic E-state index is -0.540. The quantitative estimate of drug-likeness (QED) is 0.828. The number of hydrogen-bond donors (Lipinski definition) is 1. The van der Waals surface area contributed by atoms with Gasteiger partial charge in [-0.2, -0.15) is 0 Å². The van der Waals surface area contributed by atoms with E-state index < -0.39 is 5.82 Å².